The van der Waals surface area contributed by atoms with Gasteiger partial charge in [-0.1, -0.05) is 41.4 Å². The Hall–Kier alpha value is -2.55. The molecule has 0 aliphatic rings. The van der Waals surface area contributed by atoms with Gasteiger partial charge in [-0.15, -0.1) is 0 Å². The first-order valence-electron chi connectivity index (χ1n) is 6.88. The summed E-state index contributed by atoms with van der Waals surface area (Å²) in [5.74, 6) is -1.23. The van der Waals surface area contributed by atoms with Gasteiger partial charge in [0.15, 0.2) is 6.61 Å². The van der Waals surface area contributed by atoms with Crippen molar-refractivity contribution < 1.29 is 14.3 Å². The van der Waals surface area contributed by atoms with Gasteiger partial charge in [0.2, 0.25) is 0 Å². The van der Waals surface area contributed by atoms with E-state index in [1.165, 1.54) is 6.07 Å². The summed E-state index contributed by atoms with van der Waals surface area (Å²) in [6.45, 7) is -0.457. The lowest BCUT2D eigenvalue weighted by Crippen LogP contribution is -2.21. The maximum atomic E-state index is 11.9. The van der Waals surface area contributed by atoms with Crippen molar-refractivity contribution in [2.75, 3.05) is 11.9 Å². The zero-order chi connectivity index (χ0) is 17.5. The molecule has 2 aromatic carbocycles. The number of esters is 1. The lowest BCUT2D eigenvalue weighted by Gasteiger charge is -2.08. The minimum atomic E-state index is -0.734. The maximum absolute atomic E-state index is 11.9. The predicted molar refractivity (Wildman–Crippen MR) is 91.1 cm³/mol. The number of hydrogen-bond donors (Lipinski definition) is 1. The number of benzene rings is 2. The highest BCUT2D eigenvalue weighted by Crippen LogP contribution is 2.25. The molecule has 0 heterocycles. The van der Waals surface area contributed by atoms with Gasteiger partial charge < -0.3 is 10.1 Å². The van der Waals surface area contributed by atoms with E-state index >= 15 is 0 Å². The summed E-state index contributed by atoms with van der Waals surface area (Å²) in [5, 5.41) is 11.5. The highest BCUT2D eigenvalue weighted by atomic mass is 35.5. The Morgan fingerprint density at radius 1 is 1.12 bits per heavy atom. The molecule has 2 aromatic rings. The monoisotopic (exact) mass is 362 g/mol. The first-order chi connectivity index (χ1) is 11.5. The predicted octanol–water partition coefficient (Wildman–Crippen LogP) is 3.85. The molecule has 1 N–H and O–H groups in total. The van der Waals surface area contributed by atoms with Crippen LogP contribution in [-0.2, 0) is 16.0 Å². The van der Waals surface area contributed by atoms with Crippen molar-refractivity contribution in [1.82, 2.24) is 0 Å². The zero-order valence-corrected chi connectivity index (χ0v) is 13.9. The third kappa shape index (κ3) is 4.72. The summed E-state index contributed by atoms with van der Waals surface area (Å²) in [5.41, 5.74) is 1.48. The summed E-state index contributed by atoms with van der Waals surface area (Å²) in [4.78, 5) is 23.7. The number of hydrogen-bond acceptors (Lipinski definition) is 4. The van der Waals surface area contributed by atoms with E-state index in [-0.39, 0.29) is 15.6 Å². The van der Waals surface area contributed by atoms with Crippen molar-refractivity contribution in [2.24, 2.45) is 0 Å². The highest BCUT2D eigenvalue weighted by molar-refractivity contribution is 6.43. The van der Waals surface area contributed by atoms with Crippen LogP contribution in [0.5, 0.6) is 0 Å². The van der Waals surface area contributed by atoms with Crippen LogP contribution in [0.3, 0.4) is 0 Å². The van der Waals surface area contributed by atoms with Crippen LogP contribution < -0.4 is 5.32 Å². The topological polar surface area (TPSA) is 79.2 Å². The molecule has 0 atom stereocenters. The van der Waals surface area contributed by atoms with E-state index < -0.39 is 18.5 Å². The molecule has 0 aromatic heterocycles. The first-order valence-corrected chi connectivity index (χ1v) is 7.63. The van der Waals surface area contributed by atoms with E-state index in [0.717, 1.165) is 5.56 Å². The standard InChI is InChI=1S/C17H12Cl2N2O3/c18-14-3-1-2-13(16(14)19)17(23)24-10-15(22)21-12-6-4-11(5-7-12)8-9-20/h1-7H,8,10H2,(H,21,22). The fraction of sp³-hybridized carbons (Fsp3) is 0.118. The van der Waals surface area contributed by atoms with Gasteiger partial charge in [-0.3, -0.25) is 4.79 Å². The minimum absolute atomic E-state index is 0.0812. The van der Waals surface area contributed by atoms with Crippen molar-refractivity contribution in [3.8, 4) is 6.07 Å². The Kier molecular flexibility index (Phi) is 6.19. The smallest absolute Gasteiger partial charge is 0.340 e. The number of halogens is 2. The van der Waals surface area contributed by atoms with Gasteiger partial charge >= 0.3 is 5.97 Å². The molecule has 7 heteroatoms. The Labute approximate surface area is 148 Å². The number of amides is 1. The number of rotatable bonds is 5. The summed E-state index contributed by atoms with van der Waals surface area (Å²) in [7, 11) is 0. The summed E-state index contributed by atoms with van der Waals surface area (Å²) in [6, 6.07) is 13.4. The average molecular weight is 363 g/mol. The van der Waals surface area contributed by atoms with E-state index in [4.69, 9.17) is 33.2 Å². The lowest BCUT2D eigenvalue weighted by atomic mass is 10.1. The van der Waals surface area contributed by atoms with Crippen LogP contribution in [0.25, 0.3) is 0 Å². The third-order valence-electron chi connectivity index (χ3n) is 3.03. The maximum Gasteiger partial charge on any atom is 0.340 e. The number of ether oxygens (including phenoxy) is 1. The number of carbonyl (C=O) groups excluding carboxylic acids is 2. The van der Waals surface area contributed by atoms with Crippen LogP contribution in [0, 0.1) is 11.3 Å². The van der Waals surface area contributed by atoms with Gasteiger partial charge in [0, 0.05) is 5.69 Å². The summed E-state index contributed by atoms with van der Waals surface area (Å²) in [6.07, 6.45) is 0.298. The fourth-order valence-corrected chi connectivity index (χ4v) is 2.24. The largest absolute Gasteiger partial charge is 0.452 e. The van der Waals surface area contributed by atoms with Gasteiger partial charge in [-0.05, 0) is 29.8 Å². The van der Waals surface area contributed by atoms with Gasteiger partial charge in [0.05, 0.1) is 28.1 Å². The highest BCUT2D eigenvalue weighted by Gasteiger charge is 2.15. The summed E-state index contributed by atoms with van der Waals surface area (Å²) >= 11 is 11.7. The SMILES string of the molecule is N#CCc1ccc(NC(=O)COC(=O)c2cccc(Cl)c2Cl)cc1. The minimum Gasteiger partial charge on any atom is -0.452 e. The molecule has 0 spiro atoms. The van der Waals surface area contributed by atoms with Crippen LogP contribution in [0.1, 0.15) is 15.9 Å². The molecule has 0 aliphatic heterocycles. The van der Waals surface area contributed by atoms with Crippen molar-refractivity contribution in [3.63, 3.8) is 0 Å². The van der Waals surface area contributed by atoms with Gasteiger partial charge in [-0.25, -0.2) is 4.79 Å². The molecule has 24 heavy (non-hydrogen) atoms. The second-order valence-corrected chi connectivity index (χ2v) is 5.54. The van der Waals surface area contributed by atoms with Crippen LogP contribution in [-0.4, -0.2) is 18.5 Å². The number of anilines is 1. The summed E-state index contributed by atoms with van der Waals surface area (Å²) < 4.78 is 4.92. The van der Waals surface area contributed by atoms with Gasteiger partial charge in [-0.2, -0.15) is 5.26 Å². The van der Waals surface area contributed by atoms with E-state index in [2.05, 4.69) is 5.32 Å². The average Bonchev–Trinajstić information content (AvgIpc) is 2.57. The van der Waals surface area contributed by atoms with Crippen molar-refractivity contribution in [3.05, 3.63) is 63.6 Å². The number of nitriles is 1. The third-order valence-corrected chi connectivity index (χ3v) is 3.85. The molecule has 0 fully saturated rings. The molecule has 5 nitrogen and oxygen atoms in total. The molecular weight excluding hydrogens is 351 g/mol. The fourth-order valence-electron chi connectivity index (χ4n) is 1.86. The molecule has 0 radical (unpaired) electrons. The van der Waals surface area contributed by atoms with E-state index in [1.807, 2.05) is 6.07 Å². The second kappa shape index (κ2) is 8.34. The Bertz CT molecular complexity index is 798. The van der Waals surface area contributed by atoms with Crippen LogP contribution in [0.4, 0.5) is 5.69 Å². The van der Waals surface area contributed by atoms with Gasteiger partial charge in [0.1, 0.15) is 0 Å². The molecule has 0 saturated heterocycles. The molecule has 122 valence electrons. The normalized spacial score (nSPS) is 9.88. The molecular formula is C17H12Cl2N2O3. The lowest BCUT2D eigenvalue weighted by molar-refractivity contribution is -0.119. The van der Waals surface area contributed by atoms with Crippen molar-refractivity contribution >= 4 is 40.8 Å². The Morgan fingerprint density at radius 3 is 2.50 bits per heavy atom. The van der Waals surface area contributed by atoms with Crippen molar-refractivity contribution in [1.29, 1.82) is 5.26 Å². The van der Waals surface area contributed by atoms with Crippen LogP contribution in [0.15, 0.2) is 42.5 Å². The van der Waals surface area contributed by atoms with Crippen molar-refractivity contribution in [2.45, 2.75) is 6.42 Å². The van der Waals surface area contributed by atoms with Crippen LogP contribution >= 0.6 is 23.2 Å². The quantitative estimate of drug-likeness (QED) is 0.819. The molecule has 0 bridgehead atoms. The Balaban J connectivity index is 1.90. The molecule has 0 unspecified atom stereocenters. The van der Waals surface area contributed by atoms with Crippen LogP contribution in [0.2, 0.25) is 10.0 Å². The second-order valence-electron chi connectivity index (χ2n) is 4.76. The first kappa shape index (κ1) is 17.8. The Morgan fingerprint density at radius 2 is 1.83 bits per heavy atom. The molecule has 0 aliphatic carbocycles. The number of nitrogens with zero attached hydrogens (tertiary/aromatic N) is 1. The molecule has 0 saturated carbocycles. The van der Waals surface area contributed by atoms with E-state index in [0.29, 0.717) is 12.1 Å². The van der Waals surface area contributed by atoms with E-state index in [9.17, 15) is 9.59 Å². The van der Waals surface area contributed by atoms with Gasteiger partial charge in [0.25, 0.3) is 5.91 Å². The molecule has 1 amide bonds. The number of carbonyl (C=O) groups is 2. The zero-order valence-electron chi connectivity index (χ0n) is 12.4. The number of nitrogens with one attached hydrogen (secondary N) is 1. The van der Waals surface area contributed by atoms with E-state index in [1.54, 1.807) is 36.4 Å². The molecule has 2 rings (SSSR count).